The lowest BCUT2D eigenvalue weighted by molar-refractivity contribution is -0.139. The van der Waals surface area contributed by atoms with Crippen LogP contribution < -0.4 is 21.7 Å². The van der Waals surface area contributed by atoms with E-state index in [9.17, 15) is 19.2 Å². The van der Waals surface area contributed by atoms with Crippen molar-refractivity contribution in [2.45, 2.75) is 37.8 Å². The normalized spacial score (nSPS) is 15.0. The van der Waals surface area contributed by atoms with Crippen LogP contribution in [0, 0.1) is 0 Å². The number of rotatable bonds is 8. The number of nitrogens with one attached hydrogen (secondary N) is 3. The maximum Gasteiger partial charge on any atom is 0.326 e. The summed E-state index contributed by atoms with van der Waals surface area (Å²) >= 11 is 0. The van der Waals surface area contributed by atoms with Crippen LogP contribution in [-0.2, 0) is 14.4 Å². The van der Waals surface area contributed by atoms with E-state index in [-0.39, 0.29) is 31.3 Å². The zero-order chi connectivity index (χ0) is 15.1. The number of urea groups is 1. The van der Waals surface area contributed by atoms with Crippen molar-refractivity contribution >= 4 is 23.8 Å². The molecule has 0 aromatic carbocycles. The fraction of sp³-hybridized carbons (Fsp3) is 0.636. The zero-order valence-corrected chi connectivity index (χ0v) is 10.8. The number of carbonyl (C=O) groups is 4. The van der Waals surface area contributed by atoms with Gasteiger partial charge in [0, 0.05) is 12.5 Å². The Bertz CT molecular complexity index is 408. The monoisotopic (exact) mass is 286 g/mol. The van der Waals surface area contributed by atoms with Crippen molar-refractivity contribution < 1.29 is 24.3 Å². The number of nitrogens with two attached hydrogens (primary N) is 1. The molecule has 1 saturated carbocycles. The smallest absolute Gasteiger partial charge is 0.326 e. The number of hydrogen-bond acceptors (Lipinski definition) is 4. The quantitative estimate of drug-likeness (QED) is 0.359. The first-order chi connectivity index (χ1) is 9.38. The molecular formula is C11H18N4O5. The van der Waals surface area contributed by atoms with Crippen LogP contribution in [0.5, 0.6) is 0 Å². The number of hydrogen-bond donors (Lipinski definition) is 5. The Labute approximate surface area is 115 Å². The summed E-state index contributed by atoms with van der Waals surface area (Å²) in [6, 6.07) is -1.82. The molecule has 1 fully saturated rings. The lowest BCUT2D eigenvalue weighted by Gasteiger charge is -2.14. The summed E-state index contributed by atoms with van der Waals surface area (Å²) in [5.74, 6) is -2.25. The third-order valence-corrected chi connectivity index (χ3v) is 2.63. The molecule has 9 nitrogen and oxygen atoms in total. The second-order valence-electron chi connectivity index (χ2n) is 4.56. The van der Waals surface area contributed by atoms with Crippen LogP contribution in [0.15, 0.2) is 0 Å². The van der Waals surface area contributed by atoms with E-state index in [0.29, 0.717) is 0 Å². The molecule has 0 saturated heterocycles. The molecule has 4 amide bonds. The molecule has 0 aromatic rings. The number of amides is 4. The standard InChI is InChI=1S/C11H18N4O5/c12-8(16)4-3-7(10(18)19)15-11(20)13-5-9(17)14-6-1-2-6/h6-7H,1-5H2,(H2,12,16)(H,14,17)(H,18,19)(H2,13,15,20). The van der Waals surface area contributed by atoms with Gasteiger partial charge in [-0.2, -0.15) is 0 Å². The van der Waals surface area contributed by atoms with Gasteiger partial charge in [-0.15, -0.1) is 0 Å². The maximum absolute atomic E-state index is 11.4. The molecule has 1 unspecified atom stereocenters. The highest BCUT2D eigenvalue weighted by Gasteiger charge is 2.24. The molecule has 0 spiro atoms. The first kappa shape index (κ1) is 15.7. The molecule has 0 bridgehead atoms. The number of carboxylic acids is 1. The minimum atomic E-state index is -1.27. The second-order valence-corrected chi connectivity index (χ2v) is 4.56. The van der Waals surface area contributed by atoms with E-state index >= 15 is 0 Å². The molecule has 0 radical (unpaired) electrons. The summed E-state index contributed by atoms with van der Waals surface area (Å²) in [5.41, 5.74) is 4.91. The maximum atomic E-state index is 11.4. The van der Waals surface area contributed by atoms with Crippen LogP contribution in [0.2, 0.25) is 0 Å². The number of carboxylic acid groups (broad SMARTS) is 1. The molecule has 0 aromatic heterocycles. The third-order valence-electron chi connectivity index (χ3n) is 2.63. The number of carbonyl (C=O) groups excluding carboxylic acids is 3. The lowest BCUT2D eigenvalue weighted by Crippen LogP contribution is -2.48. The Morgan fingerprint density at radius 1 is 1.25 bits per heavy atom. The van der Waals surface area contributed by atoms with E-state index in [0.717, 1.165) is 12.8 Å². The molecule has 20 heavy (non-hydrogen) atoms. The van der Waals surface area contributed by atoms with Crippen LogP contribution in [0.4, 0.5) is 4.79 Å². The van der Waals surface area contributed by atoms with Crippen LogP contribution in [0.25, 0.3) is 0 Å². The van der Waals surface area contributed by atoms with Crippen molar-refractivity contribution in [3.63, 3.8) is 0 Å². The lowest BCUT2D eigenvalue weighted by atomic mass is 10.1. The van der Waals surface area contributed by atoms with Gasteiger partial charge in [-0.1, -0.05) is 0 Å². The van der Waals surface area contributed by atoms with Gasteiger partial charge < -0.3 is 26.8 Å². The first-order valence-corrected chi connectivity index (χ1v) is 6.23. The van der Waals surface area contributed by atoms with Gasteiger partial charge in [-0.25, -0.2) is 9.59 Å². The van der Waals surface area contributed by atoms with Gasteiger partial charge in [0.15, 0.2) is 0 Å². The Kier molecular flexibility index (Phi) is 5.75. The van der Waals surface area contributed by atoms with E-state index in [1.807, 2.05) is 0 Å². The van der Waals surface area contributed by atoms with Gasteiger partial charge in [-0.3, -0.25) is 9.59 Å². The fourth-order valence-electron chi connectivity index (χ4n) is 1.42. The molecular weight excluding hydrogens is 268 g/mol. The van der Waals surface area contributed by atoms with Gasteiger partial charge in [0.25, 0.3) is 0 Å². The summed E-state index contributed by atoms with van der Waals surface area (Å²) in [5, 5.41) is 15.9. The third kappa shape index (κ3) is 6.57. The van der Waals surface area contributed by atoms with Crippen molar-refractivity contribution in [2.75, 3.05) is 6.54 Å². The molecule has 6 N–H and O–H groups in total. The largest absolute Gasteiger partial charge is 0.480 e. The SMILES string of the molecule is NC(=O)CCC(NC(=O)NCC(=O)NC1CC1)C(=O)O. The Morgan fingerprint density at radius 2 is 1.90 bits per heavy atom. The van der Waals surface area contributed by atoms with Gasteiger partial charge in [0.05, 0.1) is 6.54 Å². The second kappa shape index (κ2) is 7.31. The van der Waals surface area contributed by atoms with E-state index < -0.39 is 23.9 Å². The Hall–Kier alpha value is -2.32. The predicted molar refractivity (Wildman–Crippen MR) is 67.6 cm³/mol. The molecule has 1 aliphatic carbocycles. The van der Waals surface area contributed by atoms with Gasteiger partial charge in [0.1, 0.15) is 6.04 Å². The molecule has 0 heterocycles. The van der Waals surface area contributed by atoms with Crippen LogP contribution in [0.1, 0.15) is 25.7 Å². The highest BCUT2D eigenvalue weighted by atomic mass is 16.4. The van der Waals surface area contributed by atoms with Crippen LogP contribution in [-0.4, -0.2) is 47.5 Å². The van der Waals surface area contributed by atoms with Gasteiger partial charge in [-0.05, 0) is 19.3 Å². The Balaban J connectivity index is 2.27. The fourth-order valence-corrected chi connectivity index (χ4v) is 1.42. The highest BCUT2D eigenvalue weighted by molar-refractivity contribution is 5.87. The van der Waals surface area contributed by atoms with Crippen molar-refractivity contribution in [1.29, 1.82) is 0 Å². The minimum absolute atomic E-state index is 0.105. The molecule has 9 heteroatoms. The molecule has 1 rings (SSSR count). The van der Waals surface area contributed by atoms with E-state index in [4.69, 9.17) is 10.8 Å². The molecule has 1 atom stereocenters. The first-order valence-electron chi connectivity index (χ1n) is 6.23. The van der Waals surface area contributed by atoms with E-state index in [1.54, 1.807) is 0 Å². The average Bonchev–Trinajstić information content (AvgIpc) is 3.15. The Morgan fingerprint density at radius 3 is 2.40 bits per heavy atom. The van der Waals surface area contributed by atoms with Crippen molar-refractivity contribution in [3.05, 3.63) is 0 Å². The van der Waals surface area contributed by atoms with Crippen LogP contribution in [0.3, 0.4) is 0 Å². The summed E-state index contributed by atoms with van der Waals surface area (Å²) in [4.78, 5) is 44.2. The summed E-state index contributed by atoms with van der Waals surface area (Å²) in [6.45, 7) is -0.232. The zero-order valence-electron chi connectivity index (χ0n) is 10.8. The average molecular weight is 286 g/mol. The van der Waals surface area contributed by atoms with Crippen molar-refractivity contribution in [1.82, 2.24) is 16.0 Å². The van der Waals surface area contributed by atoms with Crippen LogP contribution >= 0.6 is 0 Å². The summed E-state index contributed by atoms with van der Waals surface area (Å²) < 4.78 is 0. The van der Waals surface area contributed by atoms with Gasteiger partial charge in [0.2, 0.25) is 11.8 Å². The van der Waals surface area contributed by atoms with E-state index in [1.165, 1.54) is 0 Å². The predicted octanol–water partition coefficient (Wildman–Crippen LogP) is -1.72. The van der Waals surface area contributed by atoms with E-state index in [2.05, 4.69) is 16.0 Å². The minimum Gasteiger partial charge on any atom is -0.480 e. The number of primary amides is 1. The van der Waals surface area contributed by atoms with Crippen molar-refractivity contribution in [2.24, 2.45) is 5.73 Å². The van der Waals surface area contributed by atoms with Crippen molar-refractivity contribution in [3.8, 4) is 0 Å². The molecule has 1 aliphatic rings. The molecule has 0 aliphatic heterocycles. The summed E-state index contributed by atoms with van der Waals surface area (Å²) in [7, 11) is 0. The highest BCUT2D eigenvalue weighted by Crippen LogP contribution is 2.18. The van der Waals surface area contributed by atoms with Gasteiger partial charge >= 0.3 is 12.0 Å². The summed E-state index contributed by atoms with van der Waals surface area (Å²) in [6.07, 6.45) is 1.62. The molecule has 112 valence electrons. The number of aliphatic carboxylic acids is 1. The topological polar surface area (TPSA) is 151 Å².